The molecule has 0 saturated heterocycles. The lowest BCUT2D eigenvalue weighted by atomic mass is 9.83. The van der Waals surface area contributed by atoms with Gasteiger partial charge in [-0.2, -0.15) is 0 Å². The van der Waals surface area contributed by atoms with Crippen LogP contribution < -0.4 is 19.5 Å². The Morgan fingerprint density at radius 2 is 1.38 bits per heavy atom. The number of esters is 1. The van der Waals surface area contributed by atoms with E-state index in [0.717, 1.165) is 22.3 Å². The third kappa shape index (κ3) is 11.5. The first-order valence-corrected chi connectivity index (χ1v) is 19.7. The van der Waals surface area contributed by atoms with Crippen molar-refractivity contribution in [3.63, 3.8) is 0 Å². The van der Waals surface area contributed by atoms with Crippen molar-refractivity contribution in [1.29, 1.82) is 0 Å². The predicted molar refractivity (Wildman–Crippen MR) is 223 cm³/mol. The number of aliphatic imine (C=N–C) groups is 1. The van der Waals surface area contributed by atoms with Crippen LogP contribution >= 0.6 is 0 Å². The van der Waals surface area contributed by atoms with E-state index in [2.05, 4.69) is 5.32 Å². The lowest BCUT2D eigenvalue weighted by Gasteiger charge is -2.31. The number of benzene rings is 5. The molecular formula is C48H52N2O8. The Balaban J connectivity index is 1.24. The quantitative estimate of drug-likeness (QED) is 0.0633. The van der Waals surface area contributed by atoms with Gasteiger partial charge in [0.2, 0.25) is 5.90 Å². The van der Waals surface area contributed by atoms with E-state index in [4.69, 9.17) is 33.8 Å². The van der Waals surface area contributed by atoms with Gasteiger partial charge in [0.25, 0.3) is 5.91 Å². The molecule has 6 rings (SSSR count). The number of aliphatic hydroxyl groups is 1. The summed E-state index contributed by atoms with van der Waals surface area (Å²) in [5.74, 6) is 1.33. The van der Waals surface area contributed by atoms with Crippen LogP contribution in [0.15, 0.2) is 138 Å². The van der Waals surface area contributed by atoms with E-state index in [1.54, 1.807) is 12.1 Å². The normalized spacial score (nSPS) is 16.1. The summed E-state index contributed by atoms with van der Waals surface area (Å²) >= 11 is 0. The summed E-state index contributed by atoms with van der Waals surface area (Å²) in [5, 5.41) is 12.3. The van der Waals surface area contributed by atoms with Gasteiger partial charge in [0.15, 0.2) is 23.1 Å². The zero-order valence-corrected chi connectivity index (χ0v) is 33.4. The number of rotatable bonds is 19. The Bertz CT molecular complexity index is 2100. The standard InChI is InChI=1S/C48H52N2O8/c1-47(2,3)58-43(52)26-28-48(44(38-18-11-6-12-19-38)57-45(50-48)39-21-23-40(24-22-39)54-31-13-30-51)46(53)49-29-27-35-20-25-41(55-33-36-14-7-4-8-15-36)42(32-35)56-34-37-16-9-5-10-17-37/h4-12,14-25,32,44,51H,13,26-31,33-34H2,1-3H3,(H,49,53)/t44-,48-/m1/s1. The van der Waals surface area contributed by atoms with Crippen LogP contribution in [-0.4, -0.2) is 53.8 Å². The van der Waals surface area contributed by atoms with E-state index in [9.17, 15) is 9.59 Å². The van der Waals surface area contributed by atoms with Gasteiger partial charge >= 0.3 is 5.97 Å². The average molecular weight is 785 g/mol. The van der Waals surface area contributed by atoms with Crippen LogP contribution in [0.5, 0.6) is 17.2 Å². The molecule has 1 amide bonds. The number of nitrogens with zero attached hydrogens (tertiary/aromatic N) is 1. The van der Waals surface area contributed by atoms with Gasteiger partial charge in [-0.05, 0) is 92.3 Å². The van der Waals surface area contributed by atoms with Crippen LogP contribution in [0.4, 0.5) is 0 Å². The van der Waals surface area contributed by atoms with E-state index >= 15 is 0 Å². The maximum atomic E-state index is 14.7. The zero-order chi connectivity index (χ0) is 40.8. The third-order valence-corrected chi connectivity index (χ3v) is 9.44. The molecule has 0 aliphatic carbocycles. The van der Waals surface area contributed by atoms with Crippen molar-refractivity contribution in [3.8, 4) is 17.2 Å². The zero-order valence-electron chi connectivity index (χ0n) is 33.4. The summed E-state index contributed by atoms with van der Waals surface area (Å²) in [6, 6.07) is 42.4. The van der Waals surface area contributed by atoms with Gasteiger partial charge in [-0.1, -0.05) is 97.1 Å². The van der Waals surface area contributed by atoms with Gasteiger partial charge in [-0.15, -0.1) is 0 Å². The number of nitrogens with one attached hydrogen (secondary N) is 1. The Morgan fingerprint density at radius 1 is 0.759 bits per heavy atom. The van der Waals surface area contributed by atoms with E-state index in [-0.39, 0.29) is 37.8 Å². The molecule has 0 aromatic heterocycles. The summed E-state index contributed by atoms with van der Waals surface area (Å²) in [4.78, 5) is 32.9. The van der Waals surface area contributed by atoms with Crippen LogP contribution in [0.1, 0.15) is 74.0 Å². The second kappa shape index (κ2) is 19.8. The Hall–Kier alpha value is -6.13. The summed E-state index contributed by atoms with van der Waals surface area (Å²) in [5.41, 5.74) is 2.21. The van der Waals surface area contributed by atoms with E-state index < -0.39 is 23.2 Å². The second-order valence-electron chi connectivity index (χ2n) is 15.1. The number of carbonyl (C=O) groups excluding carboxylic acids is 2. The van der Waals surface area contributed by atoms with Gasteiger partial charge in [0, 0.05) is 31.6 Å². The van der Waals surface area contributed by atoms with Crippen molar-refractivity contribution in [1.82, 2.24) is 5.32 Å². The number of aliphatic hydroxyl groups excluding tert-OH is 1. The second-order valence-corrected chi connectivity index (χ2v) is 15.1. The summed E-state index contributed by atoms with van der Waals surface area (Å²) in [6.45, 7) is 6.89. The Labute approximate surface area is 340 Å². The molecule has 10 nitrogen and oxygen atoms in total. The fraction of sp³-hybridized carbons (Fsp3) is 0.312. The minimum Gasteiger partial charge on any atom is -0.494 e. The van der Waals surface area contributed by atoms with Crippen molar-refractivity contribution in [3.05, 3.63) is 161 Å². The number of hydrogen-bond acceptors (Lipinski definition) is 9. The molecule has 0 unspecified atom stereocenters. The number of amides is 1. The summed E-state index contributed by atoms with van der Waals surface area (Å²) in [7, 11) is 0. The summed E-state index contributed by atoms with van der Waals surface area (Å²) < 4.78 is 30.5. The van der Waals surface area contributed by atoms with Crippen LogP contribution in [0.2, 0.25) is 0 Å². The summed E-state index contributed by atoms with van der Waals surface area (Å²) in [6.07, 6.45) is 0.163. The maximum absolute atomic E-state index is 14.7. The average Bonchev–Trinajstić information content (AvgIpc) is 3.63. The van der Waals surface area contributed by atoms with E-state index in [1.165, 1.54) is 0 Å². The molecule has 2 atom stereocenters. The molecule has 0 radical (unpaired) electrons. The molecule has 1 aliphatic heterocycles. The molecule has 1 aliphatic rings. The molecule has 302 valence electrons. The molecule has 0 spiro atoms. The topological polar surface area (TPSA) is 125 Å². The molecule has 5 aromatic carbocycles. The Kier molecular flexibility index (Phi) is 14.2. The van der Waals surface area contributed by atoms with Crippen molar-refractivity contribution >= 4 is 17.8 Å². The van der Waals surface area contributed by atoms with Crippen LogP contribution in [0.3, 0.4) is 0 Å². The van der Waals surface area contributed by atoms with Gasteiger partial charge in [-0.25, -0.2) is 4.99 Å². The lowest BCUT2D eigenvalue weighted by molar-refractivity contribution is -0.155. The lowest BCUT2D eigenvalue weighted by Crippen LogP contribution is -2.49. The van der Waals surface area contributed by atoms with Crippen molar-refractivity contribution in [2.45, 2.75) is 76.9 Å². The van der Waals surface area contributed by atoms with Crippen LogP contribution in [-0.2, 0) is 38.7 Å². The number of hydrogen-bond donors (Lipinski definition) is 2. The van der Waals surface area contributed by atoms with Gasteiger partial charge in [-0.3, -0.25) is 9.59 Å². The van der Waals surface area contributed by atoms with E-state index in [1.807, 2.05) is 142 Å². The van der Waals surface area contributed by atoms with Gasteiger partial charge in [0.1, 0.15) is 24.6 Å². The molecule has 10 heteroatoms. The minimum absolute atomic E-state index is 0.0394. The minimum atomic E-state index is -1.50. The predicted octanol–water partition coefficient (Wildman–Crippen LogP) is 8.34. The highest BCUT2D eigenvalue weighted by Crippen LogP contribution is 2.43. The molecular weight excluding hydrogens is 733 g/mol. The molecule has 0 fully saturated rings. The monoisotopic (exact) mass is 784 g/mol. The van der Waals surface area contributed by atoms with Crippen LogP contribution in [0, 0.1) is 0 Å². The highest BCUT2D eigenvalue weighted by molar-refractivity contribution is 6.01. The van der Waals surface area contributed by atoms with Crippen molar-refractivity contribution in [2.75, 3.05) is 19.8 Å². The largest absolute Gasteiger partial charge is 0.494 e. The highest BCUT2D eigenvalue weighted by atomic mass is 16.6. The first kappa shape index (κ1) is 41.5. The fourth-order valence-electron chi connectivity index (χ4n) is 6.57. The van der Waals surface area contributed by atoms with Gasteiger partial charge < -0.3 is 34.1 Å². The molecule has 1 heterocycles. The van der Waals surface area contributed by atoms with Crippen molar-refractivity contribution in [2.24, 2.45) is 4.99 Å². The first-order valence-electron chi connectivity index (χ1n) is 19.7. The molecule has 58 heavy (non-hydrogen) atoms. The maximum Gasteiger partial charge on any atom is 0.306 e. The number of carbonyl (C=O) groups is 2. The fourth-order valence-corrected chi connectivity index (χ4v) is 6.57. The van der Waals surface area contributed by atoms with Crippen molar-refractivity contribution < 1.29 is 38.4 Å². The number of ether oxygens (including phenoxy) is 5. The molecule has 0 saturated carbocycles. The molecule has 0 bridgehead atoms. The third-order valence-electron chi connectivity index (χ3n) is 9.44. The Morgan fingerprint density at radius 3 is 2.00 bits per heavy atom. The van der Waals surface area contributed by atoms with E-state index in [0.29, 0.717) is 55.5 Å². The van der Waals surface area contributed by atoms with Crippen LogP contribution in [0.25, 0.3) is 0 Å². The smallest absolute Gasteiger partial charge is 0.306 e. The first-order chi connectivity index (χ1) is 28.1. The SMILES string of the molecule is CC(C)(C)OC(=O)CC[C@@]1(C(=O)NCCc2ccc(OCc3ccccc3)c(OCc3ccccc3)c2)N=C(c2ccc(OCCCO)cc2)O[C@@H]1c1ccccc1. The molecule has 5 aromatic rings. The van der Waals surface area contributed by atoms with Gasteiger partial charge in [0.05, 0.1) is 6.61 Å². The molecule has 2 N–H and O–H groups in total. The highest BCUT2D eigenvalue weighted by Gasteiger charge is 2.53.